The molecule has 0 amide bonds. The Morgan fingerprint density at radius 1 is 1.12 bits per heavy atom. The molecule has 4 rings (SSSR count). The van der Waals surface area contributed by atoms with E-state index in [4.69, 9.17) is 4.74 Å². The first kappa shape index (κ1) is 23.6. The average molecular weight is 466 g/mol. The zero-order valence-electron chi connectivity index (χ0n) is 19.6. The van der Waals surface area contributed by atoms with Crippen LogP contribution in [0.1, 0.15) is 5.69 Å². The number of nitrogens with one attached hydrogen (secondary N) is 3. The minimum absolute atomic E-state index is 0.297. The number of ether oxygens (including phenoxy) is 1. The van der Waals surface area contributed by atoms with Crippen LogP contribution in [0.2, 0.25) is 0 Å². The van der Waals surface area contributed by atoms with E-state index >= 15 is 0 Å². The van der Waals surface area contributed by atoms with Gasteiger partial charge in [0.2, 0.25) is 11.9 Å². The van der Waals surface area contributed by atoms with Gasteiger partial charge >= 0.3 is 5.97 Å². The second kappa shape index (κ2) is 11.5. The molecule has 180 valence electrons. The Balaban J connectivity index is 1.51. The van der Waals surface area contributed by atoms with E-state index in [1.165, 1.54) is 7.11 Å². The van der Waals surface area contributed by atoms with Crippen LogP contribution in [0, 0.1) is 0 Å². The van der Waals surface area contributed by atoms with E-state index < -0.39 is 12.0 Å². The van der Waals surface area contributed by atoms with Gasteiger partial charge in [0.25, 0.3) is 0 Å². The molecule has 1 aliphatic rings. The molecule has 2 aromatic heterocycles. The highest BCUT2D eigenvalue weighted by molar-refractivity contribution is 5.79. The molecule has 0 radical (unpaired) electrons. The van der Waals surface area contributed by atoms with Gasteiger partial charge < -0.3 is 25.3 Å². The molecule has 0 unspecified atom stereocenters. The predicted molar refractivity (Wildman–Crippen MR) is 129 cm³/mol. The molecule has 0 saturated carbocycles. The zero-order chi connectivity index (χ0) is 23.8. The highest BCUT2D eigenvalue weighted by Gasteiger charge is 2.22. The summed E-state index contributed by atoms with van der Waals surface area (Å²) in [5, 5.41) is 6.45. The van der Waals surface area contributed by atoms with E-state index in [-0.39, 0.29) is 0 Å². The number of carbonyl (C=O) groups excluding carboxylic acids is 1. The molecular formula is C23H31N9O2. The van der Waals surface area contributed by atoms with Crippen molar-refractivity contribution in [1.82, 2.24) is 34.7 Å². The summed E-state index contributed by atoms with van der Waals surface area (Å²) in [4.78, 5) is 37.9. The summed E-state index contributed by atoms with van der Waals surface area (Å²) in [6.45, 7) is 5.84. The molecule has 1 atom stereocenters. The number of esters is 1. The summed E-state index contributed by atoms with van der Waals surface area (Å²) in [7, 11) is 3.51. The smallest absolute Gasteiger partial charge is 0.328 e. The number of hydrogen-bond acceptors (Lipinski definition) is 10. The van der Waals surface area contributed by atoms with Gasteiger partial charge in [-0.15, -0.1) is 0 Å². The van der Waals surface area contributed by atoms with Crippen LogP contribution in [0.15, 0.2) is 42.9 Å². The van der Waals surface area contributed by atoms with E-state index in [0.29, 0.717) is 30.7 Å². The number of aromatic amines is 1. The number of nitrogens with zero attached hydrogens (tertiary/aromatic N) is 6. The molecule has 1 aliphatic heterocycles. The Labute approximate surface area is 199 Å². The minimum Gasteiger partial charge on any atom is -0.467 e. The first-order valence-electron chi connectivity index (χ1n) is 11.4. The first-order valence-corrected chi connectivity index (χ1v) is 11.4. The number of rotatable bonds is 10. The van der Waals surface area contributed by atoms with Crippen LogP contribution >= 0.6 is 0 Å². The second-order valence-electron chi connectivity index (χ2n) is 8.25. The van der Waals surface area contributed by atoms with Crippen LogP contribution in [-0.2, 0) is 16.0 Å². The Kier molecular flexibility index (Phi) is 7.99. The second-order valence-corrected chi connectivity index (χ2v) is 8.25. The Hall–Kier alpha value is -3.57. The maximum Gasteiger partial charge on any atom is 0.328 e. The van der Waals surface area contributed by atoms with Gasteiger partial charge in [0, 0.05) is 63.1 Å². The van der Waals surface area contributed by atoms with Crippen LogP contribution in [-0.4, -0.2) is 100 Å². The molecule has 1 saturated heterocycles. The molecule has 11 heteroatoms. The number of carbonyl (C=O) groups is 1. The third kappa shape index (κ3) is 6.49. The molecule has 1 fully saturated rings. The van der Waals surface area contributed by atoms with Gasteiger partial charge in [-0.2, -0.15) is 15.0 Å². The molecule has 34 heavy (non-hydrogen) atoms. The predicted octanol–water partition coefficient (Wildman–Crippen LogP) is 1.12. The van der Waals surface area contributed by atoms with Crippen molar-refractivity contribution < 1.29 is 9.53 Å². The number of piperazine rings is 1. The highest BCUT2D eigenvalue weighted by Crippen LogP contribution is 2.18. The molecule has 3 heterocycles. The topological polar surface area (TPSA) is 124 Å². The van der Waals surface area contributed by atoms with E-state index in [2.05, 4.69) is 52.4 Å². The van der Waals surface area contributed by atoms with E-state index in [1.807, 2.05) is 30.3 Å². The number of H-pyrrole nitrogens is 1. The van der Waals surface area contributed by atoms with Crippen LogP contribution in [0.3, 0.4) is 0 Å². The number of aromatic nitrogens is 5. The first-order chi connectivity index (χ1) is 16.6. The largest absolute Gasteiger partial charge is 0.467 e. The molecular weight excluding hydrogens is 434 g/mol. The van der Waals surface area contributed by atoms with Crippen LogP contribution in [0.25, 0.3) is 11.4 Å². The SMILES string of the molecule is COC(=O)[C@H](Cc1cnc[nH]1)Nc1nc(NCCN2CCN(C)CC2)nc(-c2ccccc2)n1. The lowest BCUT2D eigenvalue weighted by molar-refractivity contribution is -0.141. The normalized spacial score (nSPS) is 15.6. The third-order valence-electron chi connectivity index (χ3n) is 5.74. The summed E-state index contributed by atoms with van der Waals surface area (Å²) < 4.78 is 4.99. The van der Waals surface area contributed by atoms with E-state index in [1.54, 1.807) is 12.5 Å². The molecule has 3 aromatic rings. The molecule has 0 aliphatic carbocycles. The average Bonchev–Trinajstić information content (AvgIpc) is 3.38. The van der Waals surface area contributed by atoms with Gasteiger partial charge in [-0.05, 0) is 7.05 Å². The maximum atomic E-state index is 12.4. The van der Waals surface area contributed by atoms with Crippen molar-refractivity contribution in [1.29, 1.82) is 0 Å². The van der Waals surface area contributed by atoms with Crippen molar-refractivity contribution in [2.45, 2.75) is 12.5 Å². The summed E-state index contributed by atoms with van der Waals surface area (Å²) in [5.74, 6) is 0.854. The van der Waals surface area contributed by atoms with Gasteiger partial charge in [0.05, 0.1) is 13.4 Å². The molecule has 0 spiro atoms. The summed E-state index contributed by atoms with van der Waals surface area (Å²) in [6, 6.07) is 9.00. The maximum absolute atomic E-state index is 12.4. The lowest BCUT2D eigenvalue weighted by Gasteiger charge is -2.32. The number of anilines is 2. The molecule has 3 N–H and O–H groups in total. The van der Waals surface area contributed by atoms with Crippen molar-refractivity contribution in [2.24, 2.45) is 0 Å². The number of hydrogen-bond donors (Lipinski definition) is 3. The number of methoxy groups -OCH3 is 1. The van der Waals surface area contributed by atoms with Crippen molar-refractivity contribution in [3.63, 3.8) is 0 Å². The van der Waals surface area contributed by atoms with Crippen molar-refractivity contribution in [2.75, 3.05) is 64.1 Å². The number of likely N-dealkylation sites (N-methyl/N-ethyl adjacent to an activating group) is 1. The van der Waals surface area contributed by atoms with Gasteiger partial charge in [-0.1, -0.05) is 30.3 Å². The number of imidazole rings is 1. The molecule has 11 nitrogen and oxygen atoms in total. The quantitative estimate of drug-likeness (QED) is 0.375. The van der Waals surface area contributed by atoms with Crippen LogP contribution in [0.5, 0.6) is 0 Å². The van der Waals surface area contributed by atoms with E-state index in [9.17, 15) is 4.79 Å². The zero-order valence-corrected chi connectivity index (χ0v) is 19.6. The lowest BCUT2D eigenvalue weighted by Crippen LogP contribution is -2.45. The van der Waals surface area contributed by atoms with Gasteiger partial charge in [-0.3, -0.25) is 4.90 Å². The van der Waals surface area contributed by atoms with Crippen LogP contribution < -0.4 is 10.6 Å². The van der Waals surface area contributed by atoms with Gasteiger partial charge in [0.1, 0.15) is 6.04 Å². The molecule has 1 aromatic carbocycles. The molecule has 0 bridgehead atoms. The number of benzene rings is 1. The minimum atomic E-state index is -0.685. The Morgan fingerprint density at radius 2 is 1.88 bits per heavy atom. The standard InChI is InChI=1S/C23H31N9O2/c1-31-10-12-32(13-11-31)9-8-25-22-28-20(17-6-4-3-5-7-17)29-23(30-22)27-19(21(33)34-2)14-18-15-24-16-26-18/h3-7,15-16,19H,8-14H2,1-2H3,(H,24,26)(H2,25,27,28,29,30)/t19-/m0/s1. The fraction of sp³-hybridized carbons (Fsp3) is 0.435. The Bertz CT molecular complexity index is 1040. The fourth-order valence-corrected chi connectivity index (χ4v) is 3.74. The summed E-state index contributed by atoms with van der Waals surface area (Å²) in [5.41, 5.74) is 1.66. The van der Waals surface area contributed by atoms with Gasteiger partial charge in [0.15, 0.2) is 5.82 Å². The summed E-state index contributed by atoms with van der Waals surface area (Å²) >= 11 is 0. The highest BCUT2D eigenvalue weighted by atomic mass is 16.5. The summed E-state index contributed by atoms with van der Waals surface area (Å²) in [6.07, 6.45) is 3.60. The van der Waals surface area contributed by atoms with Crippen LogP contribution in [0.4, 0.5) is 11.9 Å². The monoisotopic (exact) mass is 465 g/mol. The Morgan fingerprint density at radius 3 is 2.59 bits per heavy atom. The fourth-order valence-electron chi connectivity index (χ4n) is 3.74. The third-order valence-corrected chi connectivity index (χ3v) is 5.74. The van der Waals surface area contributed by atoms with Gasteiger partial charge in [-0.25, -0.2) is 9.78 Å². The lowest BCUT2D eigenvalue weighted by atomic mass is 10.1. The van der Waals surface area contributed by atoms with E-state index in [0.717, 1.165) is 44.0 Å². The van der Waals surface area contributed by atoms with Crippen molar-refractivity contribution >= 4 is 17.9 Å². The van der Waals surface area contributed by atoms with Crippen molar-refractivity contribution in [3.05, 3.63) is 48.5 Å². The van der Waals surface area contributed by atoms with Crippen molar-refractivity contribution in [3.8, 4) is 11.4 Å².